The van der Waals surface area contributed by atoms with E-state index in [0.717, 1.165) is 18.2 Å². The lowest BCUT2D eigenvalue weighted by molar-refractivity contribution is -0.118. The maximum Gasteiger partial charge on any atom is 0.216 e. The van der Waals surface area contributed by atoms with E-state index < -0.39 is 0 Å². The minimum Gasteiger partial charge on any atom is -0.357 e. The molecule has 7 heteroatoms. The largest absolute Gasteiger partial charge is 0.357 e. The van der Waals surface area contributed by atoms with Gasteiger partial charge in [-0.3, -0.25) is 9.48 Å². The maximum atomic E-state index is 10.7. The van der Waals surface area contributed by atoms with Gasteiger partial charge in [0, 0.05) is 39.8 Å². The molecule has 1 aromatic rings. The average molecular weight is 266 g/mol. The molecule has 0 aromatic carbocycles. The van der Waals surface area contributed by atoms with Gasteiger partial charge in [0.25, 0.3) is 0 Å². The summed E-state index contributed by atoms with van der Waals surface area (Å²) in [6.45, 7) is 6.07. The lowest BCUT2D eigenvalue weighted by Crippen LogP contribution is -2.41. The summed E-state index contributed by atoms with van der Waals surface area (Å²) in [4.78, 5) is 15.2. The Kier molecular flexibility index (Phi) is 6.42. The molecule has 0 atom stereocenters. The molecule has 0 unspecified atom stereocenters. The molecule has 0 spiro atoms. The predicted octanol–water partition coefficient (Wildman–Crippen LogP) is -0.389. The van der Waals surface area contributed by atoms with Gasteiger partial charge in [-0.25, -0.2) is 4.99 Å². The molecule has 1 amide bonds. The second-order valence-electron chi connectivity index (χ2n) is 4.05. The smallest absolute Gasteiger partial charge is 0.216 e. The van der Waals surface area contributed by atoms with Crippen molar-refractivity contribution in [2.45, 2.75) is 20.4 Å². The molecule has 1 heterocycles. The second kappa shape index (κ2) is 8.12. The number of carbonyl (C=O) groups is 1. The Bertz CT molecular complexity index is 426. The fourth-order valence-electron chi connectivity index (χ4n) is 1.48. The SMILES string of the molecule is CCNC(=NCc1ccnn1C)NCCNC(C)=O. The number of guanidine groups is 1. The summed E-state index contributed by atoms with van der Waals surface area (Å²) in [6.07, 6.45) is 1.75. The Hall–Kier alpha value is -2.05. The van der Waals surface area contributed by atoms with Crippen molar-refractivity contribution in [3.8, 4) is 0 Å². The van der Waals surface area contributed by atoms with E-state index in [1.54, 1.807) is 10.9 Å². The first-order valence-corrected chi connectivity index (χ1v) is 6.37. The molecule has 19 heavy (non-hydrogen) atoms. The highest BCUT2D eigenvalue weighted by Crippen LogP contribution is 1.97. The number of nitrogens with one attached hydrogen (secondary N) is 3. The van der Waals surface area contributed by atoms with Crippen molar-refractivity contribution in [3.05, 3.63) is 18.0 Å². The fraction of sp³-hybridized carbons (Fsp3) is 0.583. The number of aromatic nitrogens is 2. The number of aryl methyl sites for hydroxylation is 1. The topological polar surface area (TPSA) is 83.3 Å². The van der Waals surface area contributed by atoms with Crippen molar-refractivity contribution in [1.29, 1.82) is 0 Å². The Morgan fingerprint density at radius 1 is 1.37 bits per heavy atom. The van der Waals surface area contributed by atoms with Crippen LogP contribution in [0.25, 0.3) is 0 Å². The summed E-state index contributed by atoms with van der Waals surface area (Å²) < 4.78 is 1.80. The van der Waals surface area contributed by atoms with Gasteiger partial charge in [-0.1, -0.05) is 0 Å². The molecular formula is C12H22N6O. The lowest BCUT2D eigenvalue weighted by Gasteiger charge is -2.11. The number of hydrogen-bond donors (Lipinski definition) is 3. The van der Waals surface area contributed by atoms with Crippen LogP contribution in [0.15, 0.2) is 17.3 Å². The summed E-state index contributed by atoms with van der Waals surface area (Å²) in [7, 11) is 1.89. The Morgan fingerprint density at radius 3 is 2.68 bits per heavy atom. The van der Waals surface area contributed by atoms with Gasteiger partial charge in [0.15, 0.2) is 5.96 Å². The molecule has 0 radical (unpaired) electrons. The number of aliphatic imine (C=N–C) groups is 1. The van der Waals surface area contributed by atoms with Gasteiger partial charge in [0.1, 0.15) is 0 Å². The third kappa shape index (κ3) is 5.89. The van der Waals surface area contributed by atoms with Crippen molar-refractivity contribution in [3.63, 3.8) is 0 Å². The number of rotatable bonds is 6. The van der Waals surface area contributed by atoms with Gasteiger partial charge >= 0.3 is 0 Å². The molecule has 7 nitrogen and oxygen atoms in total. The van der Waals surface area contributed by atoms with Crippen molar-refractivity contribution in [2.75, 3.05) is 19.6 Å². The van der Waals surface area contributed by atoms with E-state index in [9.17, 15) is 4.79 Å². The highest BCUT2D eigenvalue weighted by molar-refractivity contribution is 5.79. The molecular weight excluding hydrogens is 244 g/mol. The van der Waals surface area contributed by atoms with E-state index in [-0.39, 0.29) is 5.91 Å². The van der Waals surface area contributed by atoms with Gasteiger partial charge in [-0.2, -0.15) is 5.10 Å². The summed E-state index contributed by atoms with van der Waals surface area (Å²) in [5.41, 5.74) is 1.04. The normalized spacial score (nSPS) is 11.2. The van der Waals surface area contributed by atoms with Crippen LogP contribution in [-0.2, 0) is 18.4 Å². The van der Waals surface area contributed by atoms with Crippen LogP contribution in [0.4, 0.5) is 0 Å². The van der Waals surface area contributed by atoms with Crippen molar-refractivity contribution in [1.82, 2.24) is 25.7 Å². The van der Waals surface area contributed by atoms with E-state index in [1.807, 2.05) is 20.0 Å². The highest BCUT2D eigenvalue weighted by atomic mass is 16.1. The molecule has 0 saturated heterocycles. The Balaban J connectivity index is 2.42. The number of carbonyl (C=O) groups excluding carboxylic acids is 1. The second-order valence-corrected chi connectivity index (χ2v) is 4.05. The first-order chi connectivity index (χ1) is 9.13. The van der Waals surface area contributed by atoms with Crippen LogP contribution in [0.5, 0.6) is 0 Å². The third-order valence-electron chi connectivity index (χ3n) is 2.46. The van der Waals surface area contributed by atoms with E-state index in [2.05, 4.69) is 26.0 Å². The molecule has 1 aromatic heterocycles. The number of amides is 1. The molecule has 0 fully saturated rings. The van der Waals surface area contributed by atoms with Crippen molar-refractivity contribution >= 4 is 11.9 Å². The van der Waals surface area contributed by atoms with Crippen molar-refractivity contribution in [2.24, 2.45) is 12.0 Å². The lowest BCUT2D eigenvalue weighted by atomic mass is 10.4. The number of nitrogens with zero attached hydrogens (tertiary/aromatic N) is 3. The van der Waals surface area contributed by atoms with Crippen LogP contribution in [0.2, 0.25) is 0 Å². The zero-order valence-corrected chi connectivity index (χ0v) is 11.7. The van der Waals surface area contributed by atoms with E-state index in [0.29, 0.717) is 19.6 Å². The molecule has 0 aliphatic heterocycles. The zero-order valence-electron chi connectivity index (χ0n) is 11.7. The van der Waals surface area contributed by atoms with Crippen molar-refractivity contribution < 1.29 is 4.79 Å². The van der Waals surface area contributed by atoms with Crippen LogP contribution in [0.3, 0.4) is 0 Å². The fourth-order valence-corrected chi connectivity index (χ4v) is 1.48. The Morgan fingerprint density at radius 2 is 2.11 bits per heavy atom. The molecule has 0 aliphatic rings. The van der Waals surface area contributed by atoms with Crippen LogP contribution in [0.1, 0.15) is 19.5 Å². The Labute approximate surface area is 113 Å². The van der Waals surface area contributed by atoms with Gasteiger partial charge in [-0.05, 0) is 13.0 Å². The minimum absolute atomic E-state index is 0.0291. The number of hydrogen-bond acceptors (Lipinski definition) is 3. The molecule has 0 bridgehead atoms. The maximum absolute atomic E-state index is 10.7. The van der Waals surface area contributed by atoms with Gasteiger partial charge in [0.2, 0.25) is 5.91 Å². The molecule has 1 rings (SSSR count). The first kappa shape index (κ1) is 15.0. The molecule has 106 valence electrons. The molecule has 0 saturated carbocycles. The van der Waals surface area contributed by atoms with Crippen LogP contribution >= 0.6 is 0 Å². The van der Waals surface area contributed by atoms with Crippen LogP contribution in [0, 0.1) is 0 Å². The van der Waals surface area contributed by atoms with Crippen LogP contribution < -0.4 is 16.0 Å². The quantitative estimate of drug-likeness (QED) is 0.372. The van der Waals surface area contributed by atoms with Gasteiger partial charge < -0.3 is 16.0 Å². The summed E-state index contributed by atoms with van der Waals surface area (Å²) in [5.74, 6) is 0.702. The van der Waals surface area contributed by atoms with E-state index in [1.165, 1.54) is 6.92 Å². The minimum atomic E-state index is -0.0291. The molecule has 3 N–H and O–H groups in total. The average Bonchev–Trinajstić information content (AvgIpc) is 2.77. The van der Waals surface area contributed by atoms with Gasteiger partial charge in [0.05, 0.1) is 12.2 Å². The summed E-state index contributed by atoms with van der Waals surface area (Å²) in [5, 5.41) is 13.1. The third-order valence-corrected chi connectivity index (χ3v) is 2.46. The predicted molar refractivity (Wildman–Crippen MR) is 74.7 cm³/mol. The summed E-state index contributed by atoms with van der Waals surface area (Å²) >= 11 is 0. The standard InChI is InChI=1S/C12H22N6O/c1-4-13-12(15-8-7-14-10(2)19)16-9-11-5-6-17-18(11)3/h5-6H,4,7-9H2,1-3H3,(H,14,19)(H2,13,15,16). The van der Waals surface area contributed by atoms with E-state index >= 15 is 0 Å². The molecule has 0 aliphatic carbocycles. The van der Waals surface area contributed by atoms with Gasteiger partial charge in [-0.15, -0.1) is 0 Å². The zero-order chi connectivity index (χ0) is 14.1. The monoisotopic (exact) mass is 266 g/mol. The first-order valence-electron chi connectivity index (χ1n) is 6.37. The van der Waals surface area contributed by atoms with E-state index in [4.69, 9.17) is 0 Å². The van der Waals surface area contributed by atoms with Crippen LogP contribution in [-0.4, -0.2) is 41.3 Å². The highest BCUT2D eigenvalue weighted by Gasteiger charge is 2.00. The summed E-state index contributed by atoms with van der Waals surface area (Å²) in [6, 6.07) is 1.93.